The first-order valence-electron chi connectivity index (χ1n) is 12.7. The van der Waals surface area contributed by atoms with Gasteiger partial charge in [0.1, 0.15) is 30.5 Å². The first kappa shape index (κ1) is 25.0. The molecule has 4 fully saturated rings. The largest absolute Gasteiger partial charge is 0.472 e. The molecule has 0 radical (unpaired) electrons. The number of rotatable bonds is 4. The summed E-state index contributed by atoms with van der Waals surface area (Å²) in [5, 5.41) is 40.9. The molecule has 4 heterocycles. The molecule has 4 N–H and O–H groups in total. The third-order valence-electron chi connectivity index (χ3n) is 9.69. The minimum atomic E-state index is -1.66. The number of carbonyl (C=O) groups is 2. The standard InChI is InChI=1S/C26H32O11/c1-24-8-15(12-4-6-33-10-12)35-21(31)14(24)3-5-25(2)17(24)7-13-11-34-23(32)26(13,25)37-22-20(30)19(29)18(28)16(9-27)36-22/h3-4,6,10,13,15-20,22,27-30H,5,7-9,11H2,1-2H3/t13-,15-,16+,17-,18+,19-,20+,22?,24+,25+,26+/m0/s1. The van der Waals surface area contributed by atoms with Crippen LogP contribution in [0.4, 0.5) is 0 Å². The summed E-state index contributed by atoms with van der Waals surface area (Å²) in [6.45, 7) is 3.43. The van der Waals surface area contributed by atoms with Crippen molar-refractivity contribution in [3.63, 3.8) is 0 Å². The van der Waals surface area contributed by atoms with Crippen molar-refractivity contribution in [2.45, 2.75) is 75.5 Å². The normalized spacial score (nSPS) is 49.0. The number of ether oxygens (including phenoxy) is 4. The summed E-state index contributed by atoms with van der Waals surface area (Å²) in [7, 11) is 0. The van der Waals surface area contributed by atoms with E-state index in [9.17, 15) is 30.0 Å². The molecule has 202 valence electrons. The molecule has 3 aliphatic heterocycles. The van der Waals surface area contributed by atoms with Crippen molar-refractivity contribution in [1.82, 2.24) is 0 Å². The Bertz CT molecular complexity index is 1110. The second-order valence-corrected chi connectivity index (χ2v) is 11.4. The zero-order chi connectivity index (χ0) is 26.3. The summed E-state index contributed by atoms with van der Waals surface area (Å²) in [5.74, 6) is -1.59. The number of hydrogen-bond acceptors (Lipinski definition) is 11. The number of fused-ring (bicyclic) bond motifs is 5. The van der Waals surface area contributed by atoms with Gasteiger partial charge in [-0.1, -0.05) is 19.9 Å². The van der Waals surface area contributed by atoms with Gasteiger partial charge in [0, 0.05) is 27.9 Å². The number of aliphatic hydroxyl groups is 4. The number of hydrogen-bond donors (Lipinski definition) is 4. The zero-order valence-electron chi connectivity index (χ0n) is 20.6. The Balaban J connectivity index is 1.39. The Hall–Kier alpha value is -2.28. The van der Waals surface area contributed by atoms with E-state index in [1.807, 2.05) is 19.9 Å². The van der Waals surface area contributed by atoms with Gasteiger partial charge in [0.05, 0.1) is 25.7 Å². The molecule has 0 amide bonds. The maximum atomic E-state index is 13.5. The molecular formula is C26H32O11. The monoisotopic (exact) mass is 520 g/mol. The summed E-state index contributed by atoms with van der Waals surface area (Å²) in [5.41, 5.74) is -1.72. The summed E-state index contributed by atoms with van der Waals surface area (Å²) in [6, 6.07) is 1.77. The highest BCUT2D eigenvalue weighted by Crippen LogP contribution is 2.70. The van der Waals surface area contributed by atoms with Crippen LogP contribution in [0.5, 0.6) is 0 Å². The summed E-state index contributed by atoms with van der Waals surface area (Å²) in [4.78, 5) is 26.7. The van der Waals surface area contributed by atoms with Crippen LogP contribution in [-0.2, 0) is 28.5 Å². The first-order chi connectivity index (χ1) is 17.6. The first-order valence-corrected chi connectivity index (χ1v) is 12.7. The van der Waals surface area contributed by atoms with Crippen molar-refractivity contribution in [2.24, 2.45) is 22.7 Å². The van der Waals surface area contributed by atoms with Crippen molar-refractivity contribution >= 4 is 11.9 Å². The predicted octanol–water partition coefficient (Wildman–Crippen LogP) is 0.358. The van der Waals surface area contributed by atoms with Crippen molar-refractivity contribution in [2.75, 3.05) is 13.2 Å². The molecule has 11 nitrogen and oxygen atoms in total. The molecule has 0 spiro atoms. The van der Waals surface area contributed by atoms with Gasteiger partial charge in [0.25, 0.3) is 0 Å². The highest BCUT2D eigenvalue weighted by molar-refractivity contribution is 5.92. The molecule has 1 saturated carbocycles. The number of esters is 2. The number of allylic oxidation sites excluding steroid dienone is 1. The van der Waals surface area contributed by atoms with Gasteiger partial charge in [0.15, 0.2) is 11.9 Å². The minimum Gasteiger partial charge on any atom is -0.472 e. The van der Waals surface area contributed by atoms with Crippen LogP contribution in [0.3, 0.4) is 0 Å². The summed E-state index contributed by atoms with van der Waals surface area (Å²) >= 11 is 0. The molecule has 3 saturated heterocycles. The van der Waals surface area contributed by atoms with Gasteiger partial charge in [0.2, 0.25) is 0 Å². The van der Waals surface area contributed by atoms with E-state index in [4.69, 9.17) is 23.4 Å². The maximum Gasteiger partial charge on any atom is 0.339 e. The lowest BCUT2D eigenvalue weighted by molar-refractivity contribution is -0.336. The molecule has 0 bridgehead atoms. The van der Waals surface area contributed by atoms with Crippen LogP contribution in [0, 0.1) is 22.7 Å². The van der Waals surface area contributed by atoms with Crippen LogP contribution in [0.25, 0.3) is 0 Å². The maximum absolute atomic E-state index is 13.5. The molecule has 1 unspecified atom stereocenters. The second kappa shape index (κ2) is 8.36. The van der Waals surface area contributed by atoms with E-state index in [-0.39, 0.29) is 12.5 Å². The fraction of sp³-hybridized carbons (Fsp3) is 0.692. The van der Waals surface area contributed by atoms with E-state index < -0.39 is 77.7 Å². The van der Waals surface area contributed by atoms with Gasteiger partial charge in [-0.2, -0.15) is 0 Å². The van der Waals surface area contributed by atoms with E-state index >= 15 is 0 Å². The third kappa shape index (κ3) is 3.22. The topological polar surface area (TPSA) is 165 Å². The second-order valence-electron chi connectivity index (χ2n) is 11.4. The fourth-order valence-corrected chi connectivity index (χ4v) is 7.76. The van der Waals surface area contributed by atoms with E-state index in [2.05, 4.69) is 0 Å². The molecule has 11 heteroatoms. The molecule has 1 aromatic rings. The quantitative estimate of drug-likeness (QED) is 0.405. The van der Waals surface area contributed by atoms with Crippen molar-refractivity contribution in [3.05, 3.63) is 35.8 Å². The highest BCUT2D eigenvalue weighted by atomic mass is 16.7. The minimum absolute atomic E-state index is 0.101. The average Bonchev–Trinajstić information content (AvgIpc) is 3.56. The SMILES string of the molecule is C[C@@]12C[C@@H](c3ccoc3)OC(=O)C1=CC[C@]1(C)[C@H]2C[C@H]2COC(=O)[C@]21OC1O[C@H](CO)[C@@H](O)[C@H](O)[C@H]1O. The number of cyclic esters (lactones) is 2. The molecule has 11 atom stereocenters. The number of carbonyl (C=O) groups excluding carboxylic acids is 2. The Morgan fingerprint density at radius 1 is 1.14 bits per heavy atom. The zero-order valence-corrected chi connectivity index (χ0v) is 20.6. The van der Waals surface area contributed by atoms with Crippen LogP contribution in [-0.4, -0.2) is 81.9 Å². The molecule has 2 aliphatic carbocycles. The highest BCUT2D eigenvalue weighted by Gasteiger charge is 2.76. The van der Waals surface area contributed by atoms with Crippen LogP contribution in [0.1, 0.15) is 44.8 Å². The average molecular weight is 521 g/mol. The lowest BCUT2D eigenvalue weighted by Gasteiger charge is -2.55. The van der Waals surface area contributed by atoms with E-state index in [0.29, 0.717) is 24.8 Å². The van der Waals surface area contributed by atoms with Crippen molar-refractivity contribution < 1.29 is 53.4 Å². The van der Waals surface area contributed by atoms with Gasteiger partial charge in [-0.3, -0.25) is 0 Å². The molecule has 1 aromatic heterocycles. The molecular weight excluding hydrogens is 488 g/mol. The van der Waals surface area contributed by atoms with Gasteiger partial charge in [-0.15, -0.1) is 0 Å². The van der Waals surface area contributed by atoms with Crippen molar-refractivity contribution in [1.29, 1.82) is 0 Å². The summed E-state index contributed by atoms with van der Waals surface area (Å²) in [6.07, 6.45) is -1.82. The fourth-order valence-electron chi connectivity index (χ4n) is 7.76. The van der Waals surface area contributed by atoms with E-state index in [1.165, 1.54) is 6.26 Å². The third-order valence-corrected chi connectivity index (χ3v) is 9.69. The van der Waals surface area contributed by atoms with E-state index in [1.54, 1.807) is 12.3 Å². The Morgan fingerprint density at radius 3 is 2.62 bits per heavy atom. The van der Waals surface area contributed by atoms with Crippen LogP contribution < -0.4 is 0 Å². The lowest BCUT2D eigenvalue weighted by atomic mass is 9.52. The molecule has 6 rings (SSSR count). The Morgan fingerprint density at radius 2 is 1.92 bits per heavy atom. The van der Waals surface area contributed by atoms with E-state index in [0.717, 1.165) is 5.56 Å². The Labute approximate surface area is 212 Å². The van der Waals surface area contributed by atoms with Crippen LogP contribution >= 0.6 is 0 Å². The lowest BCUT2D eigenvalue weighted by Crippen LogP contribution is -2.65. The van der Waals surface area contributed by atoms with Crippen LogP contribution in [0.15, 0.2) is 34.7 Å². The van der Waals surface area contributed by atoms with Crippen molar-refractivity contribution in [3.8, 4) is 0 Å². The van der Waals surface area contributed by atoms with Gasteiger partial charge >= 0.3 is 11.9 Å². The smallest absolute Gasteiger partial charge is 0.339 e. The number of furan rings is 1. The summed E-state index contributed by atoms with van der Waals surface area (Å²) < 4.78 is 28.5. The number of aliphatic hydroxyl groups excluding tert-OH is 4. The van der Waals surface area contributed by atoms with Gasteiger partial charge in [-0.05, 0) is 31.2 Å². The van der Waals surface area contributed by atoms with Gasteiger partial charge < -0.3 is 43.8 Å². The van der Waals surface area contributed by atoms with Crippen LogP contribution in [0.2, 0.25) is 0 Å². The molecule has 37 heavy (non-hydrogen) atoms. The molecule has 5 aliphatic rings. The predicted molar refractivity (Wildman–Crippen MR) is 121 cm³/mol. The van der Waals surface area contributed by atoms with Gasteiger partial charge in [-0.25, -0.2) is 9.59 Å². The molecule has 0 aromatic carbocycles. The Kier molecular flexibility index (Phi) is 5.65.